The average molecular weight is 630 g/mol. The minimum atomic E-state index is -4.21. The molecular weight excluding hydrogens is 590 g/mol. The van der Waals surface area contributed by atoms with Crippen LogP contribution in [0, 0.1) is 5.82 Å². The normalized spacial score (nSPS) is 12.3. The number of thioether (sulfide) groups is 1. The summed E-state index contributed by atoms with van der Waals surface area (Å²) < 4.78 is 48.4. The van der Waals surface area contributed by atoms with Crippen LogP contribution in [0.4, 0.5) is 10.1 Å². The quantitative estimate of drug-likeness (QED) is 0.238. The fourth-order valence-corrected chi connectivity index (χ4v) is 6.26. The number of sulfonamides is 1. The van der Waals surface area contributed by atoms with Gasteiger partial charge in [-0.2, -0.15) is 0 Å². The molecule has 0 aliphatic heterocycles. The topological polar surface area (TPSA) is 96.0 Å². The van der Waals surface area contributed by atoms with Crippen LogP contribution in [0.3, 0.4) is 0 Å². The summed E-state index contributed by atoms with van der Waals surface area (Å²) in [4.78, 5) is 29.8. The van der Waals surface area contributed by atoms with Crippen molar-refractivity contribution in [3.8, 4) is 5.75 Å². The van der Waals surface area contributed by atoms with E-state index in [2.05, 4.69) is 5.32 Å². The van der Waals surface area contributed by atoms with E-state index in [1.165, 1.54) is 53.1 Å². The Morgan fingerprint density at radius 3 is 2.07 bits per heavy atom. The second kappa shape index (κ2) is 14.7. The zero-order chi connectivity index (χ0) is 31.8. The van der Waals surface area contributed by atoms with Crippen LogP contribution in [0.5, 0.6) is 5.75 Å². The Hall–Kier alpha value is -3.57. The van der Waals surface area contributed by atoms with Gasteiger partial charge in [-0.1, -0.05) is 19.1 Å². The number of anilines is 1. The first-order valence-electron chi connectivity index (χ1n) is 14.0. The molecule has 0 bridgehead atoms. The molecule has 232 valence electrons. The van der Waals surface area contributed by atoms with Crippen LogP contribution < -0.4 is 14.4 Å². The molecule has 0 fully saturated rings. The number of amides is 2. The van der Waals surface area contributed by atoms with E-state index in [9.17, 15) is 22.4 Å². The van der Waals surface area contributed by atoms with Gasteiger partial charge in [0.1, 0.15) is 24.2 Å². The van der Waals surface area contributed by atoms with Crippen LogP contribution in [0.15, 0.2) is 82.6 Å². The Balaban J connectivity index is 2.07. The molecule has 0 saturated heterocycles. The number of halogens is 1. The third kappa shape index (κ3) is 9.21. The third-order valence-corrected chi connectivity index (χ3v) is 9.04. The zero-order valence-electron chi connectivity index (χ0n) is 25.5. The van der Waals surface area contributed by atoms with Crippen molar-refractivity contribution in [2.24, 2.45) is 0 Å². The maximum atomic E-state index is 14.2. The fraction of sp³-hybridized carbons (Fsp3) is 0.375. The van der Waals surface area contributed by atoms with Crippen molar-refractivity contribution in [1.82, 2.24) is 10.2 Å². The van der Waals surface area contributed by atoms with E-state index < -0.39 is 39.9 Å². The number of hydrogen-bond acceptors (Lipinski definition) is 6. The molecule has 0 aliphatic rings. The third-order valence-electron chi connectivity index (χ3n) is 6.51. The van der Waals surface area contributed by atoms with Crippen molar-refractivity contribution in [2.45, 2.75) is 69.0 Å². The lowest BCUT2D eigenvalue weighted by Crippen LogP contribution is -2.55. The molecule has 3 aromatic rings. The van der Waals surface area contributed by atoms with Gasteiger partial charge in [0.05, 0.1) is 17.2 Å². The molecule has 0 radical (unpaired) electrons. The van der Waals surface area contributed by atoms with Gasteiger partial charge >= 0.3 is 0 Å². The van der Waals surface area contributed by atoms with Crippen LogP contribution in [0.1, 0.15) is 46.6 Å². The average Bonchev–Trinajstić information content (AvgIpc) is 2.96. The highest BCUT2D eigenvalue weighted by Gasteiger charge is 2.34. The minimum absolute atomic E-state index is 0.0191. The van der Waals surface area contributed by atoms with Gasteiger partial charge in [-0.15, -0.1) is 11.8 Å². The van der Waals surface area contributed by atoms with Gasteiger partial charge in [0.25, 0.3) is 10.0 Å². The highest BCUT2D eigenvalue weighted by molar-refractivity contribution is 7.98. The molecule has 0 saturated carbocycles. The van der Waals surface area contributed by atoms with Crippen LogP contribution >= 0.6 is 11.8 Å². The number of nitrogens with one attached hydrogen (secondary N) is 1. The van der Waals surface area contributed by atoms with Crippen molar-refractivity contribution in [3.05, 3.63) is 84.2 Å². The van der Waals surface area contributed by atoms with Crippen molar-refractivity contribution in [2.75, 3.05) is 23.7 Å². The first kappa shape index (κ1) is 33.9. The lowest BCUT2D eigenvalue weighted by atomic mass is 10.1. The largest absolute Gasteiger partial charge is 0.494 e. The predicted octanol–water partition coefficient (Wildman–Crippen LogP) is 5.86. The van der Waals surface area contributed by atoms with E-state index in [4.69, 9.17) is 4.74 Å². The van der Waals surface area contributed by atoms with Crippen molar-refractivity contribution in [1.29, 1.82) is 0 Å². The van der Waals surface area contributed by atoms with Gasteiger partial charge < -0.3 is 15.0 Å². The van der Waals surface area contributed by atoms with Gasteiger partial charge in [0.2, 0.25) is 11.8 Å². The summed E-state index contributed by atoms with van der Waals surface area (Å²) in [5.74, 6) is -0.825. The van der Waals surface area contributed by atoms with Gasteiger partial charge in [-0.25, -0.2) is 12.8 Å². The summed E-state index contributed by atoms with van der Waals surface area (Å²) in [7, 11) is -4.21. The Morgan fingerprint density at radius 1 is 0.953 bits per heavy atom. The van der Waals surface area contributed by atoms with Crippen molar-refractivity contribution >= 4 is 39.3 Å². The molecule has 0 heterocycles. The smallest absolute Gasteiger partial charge is 0.264 e. The van der Waals surface area contributed by atoms with Crippen molar-refractivity contribution in [3.63, 3.8) is 0 Å². The molecule has 43 heavy (non-hydrogen) atoms. The second-order valence-corrected chi connectivity index (χ2v) is 13.7. The number of hydrogen-bond donors (Lipinski definition) is 1. The first-order valence-corrected chi connectivity index (χ1v) is 16.7. The number of ether oxygens (including phenoxy) is 1. The number of nitrogens with zero attached hydrogens (tertiary/aromatic N) is 2. The summed E-state index contributed by atoms with van der Waals surface area (Å²) in [5.41, 5.74) is 0.301. The summed E-state index contributed by atoms with van der Waals surface area (Å²) in [6.07, 6.45) is 2.17. The van der Waals surface area contributed by atoms with E-state index in [0.29, 0.717) is 17.9 Å². The molecule has 8 nitrogen and oxygen atoms in total. The van der Waals surface area contributed by atoms with Crippen LogP contribution in [-0.4, -0.2) is 56.1 Å². The number of rotatable bonds is 13. The van der Waals surface area contributed by atoms with E-state index in [1.54, 1.807) is 43.3 Å². The molecule has 0 aliphatic carbocycles. The lowest BCUT2D eigenvalue weighted by Gasteiger charge is -2.34. The Bertz CT molecular complexity index is 1470. The van der Waals surface area contributed by atoms with Gasteiger partial charge in [-0.05, 0) is 107 Å². The van der Waals surface area contributed by atoms with E-state index in [0.717, 1.165) is 9.20 Å². The number of carbonyl (C=O) groups excluding carboxylic acids is 2. The summed E-state index contributed by atoms with van der Waals surface area (Å²) in [6, 6.07) is 17.6. The van der Waals surface area contributed by atoms with Crippen LogP contribution in [0.25, 0.3) is 0 Å². The van der Waals surface area contributed by atoms with E-state index >= 15 is 0 Å². The summed E-state index contributed by atoms with van der Waals surface area (Å²) in [6.45, 7) is 9.00. The molecule has 3 rings (SSSR count). The van der Waals surface area contributed by atoms with Crippen molar-refractivity contribution < 1.29 is 27.1 Å². The molecule has 0 unspecified atom stereocenters. The van der Waals surface area contributed by atoms with Gasteiger partial charge in [0, 0.05) is 17.0 Å². The molecule has 3 aromatic carbocycles. The van der Waals surface area contributed by atoms with Crippen LogP contribution in [-0.2, 0) is 26.2 Å². The Morgan fingerprint density at radius 2 is 1.56 bits per heavy atom. The molecular formula is C32H40FN3O5S2. The SMILES string of the molecule is CCOc1ccc(N(CC(=O)N(Cc2ccc(F)cc2)[C@H](CC)C(=O)NC(C)(C)C)S(=O)(=O)c2ccc(SC)cc2)cc1. The fourth-order valence-electron chi connectivity index (χ4n) is 4.44. The minimum Gasteiger partial charge on any atom is -0.494 e. The predicted molar refractivity (Wildman–Crippen MR) is 169 cm³/mol. The molecule has 1 N–H and O–H groups in total. The van der Waals surface area contributed by atoms with Gasteiger partial charge in [0.15, 0.2) is 0 Å². The maximum Gasteiger partial charge on any atom is 0.264 e. The maximum absolute atomic E-state index is 14.2. The molecule has 2 amide bonds. The molecule has 1 atom stereocenters. The second-order valence-electron chi connectivity index (χ2n) is 10.9. The van der Waals surface area contributed by atoms with E-state index in [1.807, 2.05) is 34.0 Å². The monoisotopic (exact) mass is 629 g/mol. The first-order chi connectivity index (χ1) is 20.3. The highest BCUT2D eigenvalue weighted by atomic mass is 32.2. The Kier molecular flexibility index (Phi) is 11.6. The lowest BCUT2D eigenvalue weighted by molar-refractivity contribution is -0.141. The molecule has 0 spiro atoms. The molecule has 0 aromatic heterocycles. The summed E-state index contributed by atoms with van der Waals surface area (Å²) >= 11 is 1.48. The standard InChI is InChI=1S/C32H40FN3O5S2/c1-7-29(31(38)34-32(3,4)5)35(21-23-9-11-24(33)12-10-23)30(37)22-36(25-13-15-26(16-14-25)41-8-2)43(39,40)28-19-17-27(42-6)18-20-28/h9-20,29H,7-8,21-22H2,1-6H3,(H,34,38)/t29-/m1/s1. The molecule has 11 heteroatoms. The van der Waals surface area contributed by atoms with Crippen LogP contribution in [0.2, 0.25) is 0 Å². The number of benzene rings is 3. The number of carbonyl (C=O) groups is 2. The summed E-state index contributed by atoms with van der Waals surface area (Å²) in [5, 5.41) is 2.93. The Labute approximate surface area is 258 Å². The van der Waals surface area contributed by atoms with Gasteiger partial charge in [-0.3, -0.25) is 13.9 Å². The van der Waals surface area contributed by atoms with E-state index in [-0.39, 0.29) is 29.5 Å². The highest BCUT2D eigenvalue weighted by Crippen LogP contribution is 2.28. The zero-order valence-corrected chi connectivity index (χ0v) is 27.1.